The molecule has 104 valence electrons. The summed E-state index contributed by atoms with van der Waals surface area (Å²) in [6.45, 7) is 0.393. The van der Waals surface area contributed by atoms with Gasteiger partial charge in [-0.15, -0.1) is 0 Å². The van der Waals surface area contributed by atoms with Gasteiger partial charge in [0.1, 0.15) is 6.61 Å². The van der Waals surface area contributed by atoms with Gasteiger partial charge in [-0.2, -0.15) is 0 Å². The van der Waals surface area contributed by atoms with Crippen molar-refractivity contribution in [1.29, 1.82) is 0 Å². The first-order valence-electron chi connectivity index (χ1n) is 5.96. The molecule has 0 unspecified atom stereocenters. The number of hydrogen-bond donors (Lipinski definition) is 1. The fraction of sp³-hybridized carbons (Fsp3) is 0.133. The van der Waals surface area contributed by atoms with Gasteiger partial charge in [-0.25, -0.2) is 0 Å². The Labute approximate surface area is 122 Å². The van der Waals surface area contributed by atoms with E-state index in [9.17, 15) is 0 Å². The van der Waals surface area contributed by atoms with Gasteiger partial charge in [-0.3, -0.25) is 0 Å². The minimum absolute atomic E-state index is 0.393. The summed E-state index contributed by atoms with van der Waals surface area (Å²) in [5, 5.41) is 11.9. The lowest BCUT2D eigenvalue weighted by Gasteiger charge is -2.13. The molecule has 0 fully saturated rings. The first-order chi connectivity index (χ1) is 9.74. The van der Waals surface area contributed by atoms with E-state index in [0.29, 0.717) is 28.7 Å². The van der Waals surface area contributed by atoms with E-state index in [4.69, 9.17) is 26.3 Å². The van der Waals surface area contributed by atoms with Crippen LogP contribution in [-0.2, 0) is 6.61 Å². The SMILES string of the molecule is COc1cc(C=NO)cc(Cl)c1OCc1ccccc1. The lowest BCUT2D eigenvalue weighted by molar-refractivity contribution is 0.284. The lowest BCUT2D eigenvalue weighted by atomic mass is 10.2. The molecule has 0 aliphatic heterocycles. The average Bonchev–Trinajstić information content (AvgIpc) is 2.47. The first-order valence-corrected chi connectivity index (χ1v) is 6.34. The van der Waals surface area contributed by atoms with E-state index < -0.39 is 0 Å². The van der Waals surface area contributed by atoms with Crippen molar-refractivity contribution in [3.63, 3.8) is 0 Å². The molecule has 0 heterocycles. The van der Waals surface area contributed by atoms with Gasteiger partial charge < -0.3 is 14.7 Å². The van der Waals surface area contributed by atoms with E-state index in [1.54, 1.807) is 12.1 Å². The van der Waals surface area contributed by atoms with E-state index in [1.807, 2.05) is 30.3 Å². The monoisotopic (exact) mass is 291 g/mol. The third-order valence-corrected chi connectivity index (χ3v) is 2.97. The zero-order valence-electron chi connectivity index (χ0n) is 10.9. The molecule has 0 aliphatic carbocycles. The highest BCUT2D eigenvalue weighted by Gasteiger charge is 2.11. The van der Waals surface area contributed by atoms with Crippen molar-refractivity contribution in [2.45, 2.75) is 6.61 Å². The van der Waals surface area contributed by atoms with Crippen molar-refractivity contribution in [3.05, 3.63) is 58.6 Å². The molecule has 0 aromatic heterocycles. The van der Waals surface area contributed by atoms with Gasteiger partial charge in [0, 0.05) is 5.56 Å². The van der Waals surface area contributed by atoms with Crippen LogP contribution in [0.25, 0.3) is 0 Å². The van der Waals surface area contributed by atoms with Crippen molar-refractivity contribution in [1.82, 2.24) is 0 Å². The van der Waals surface area contributed by atoms with Gasteiger partial charge in [0.2, 0.25) is 0 Å². The summed E-state index contributed by atoms with van der Waals surface area (Å²) < 4.78 is 11.0. The van der Waals surface area contributed by atoms with Crippen molar-refractivity contribution < 1.29 is 14.7 Å². The zero-order chi connectivity index (χ0) is 14.4. The quantitative estimate of drug-likeness (QED) is 0.519. The molecule has 0 amide bonds. The predicted octanol–water partition coefficient (Wildman–Crippen LogP) is 3.74. The van der Waals surface area contributed by atoms with Gasteiger partial charge in [-0.1, -0.05) is 47.1 Å². The number of oxime groups is 1. The zero-order valence-corrected chi connectivity index (χ0v) is 11.7. The van der Waals surface area contributed by atoms with Gasteiger partial charge in [0.05, 0.1) is 18.3 Å². The minimum Gasteiger partial charge on any atom is -0.493 e. The Kier molecular flexibility index (Phi) is 4.85. The summed E-state index contributed by atoms with van der Waals surface area (Å²) in [7, 11) is 1.53. The molecule has 4 nitrogen and oxygen atoms in total. The van der Waals surface area contributed by atoms with Crippen LogP contribution >= 0.6 is 11.6 Å². The summed E-state index contributed by atoms with van der Waals surface area (Å²) in [6.07, 6.45) is 1.27. The molecule has 5 heteroatoms. The maximum atomic E-state index is 8.55. The third kappa shape index (κ3) is 3.42. The molecule has 0 atom stereocenters. The minimum atomic E-state index is 0.393. The Bertz CT molecular complexity index is 600. The number of hydrogen-bond acceptors (Lipinski definition) is 4. The second-order valence-electron chi connectivity index (χ2n) is 4.05. The van der Waals surface area contributed by atoms with Crippen molar-refractivity contribution >= 4 is 17.8 Å². The molecule has 2 aromatic carbocycles. The maximum absolute atomic E-state index is 8.55. The molecule has 0 radical (unpaired) electrons. The van der Waals surface area contributed by atoms with Crippen LogP contribution in [-0.4, -0.2) is 18.5 Å². The Morgan fingerprint density at radius 1 is 1.25 bits per heavy atom. The molecule has 0 saturated carbocycles. The van der Waals surface area contributed by atoms with Gasteiger partial charge in [0.15, 0.2) is 11.5 Å². The standard InChI is InChI=1S/C15H14ClNO3/c1-19-14-8-12(9-17-18)7-13(16)15(14)20-10-11-5-3-2-4-6-11/h2-9,18H,10H2,1H3. The van der Waals surface area contributed by atoms with Crippen LogP contribution in [0.4, 0.5) is 0 Å². The first kappa shape index (κ1) is 14.2. The molecule has 0 spiro atoms. The van der Waals surface area contributed by atoms with Crippen LogP contribution in [0, 0.1) is 0 Å². The van der Waals surface area contributed by atoms with Crippen molar-refractivity contribution in [2.75, 3.05) is 7.11 Å². The highest BCUT2D eigenvalue weighted by molar-refractivity contribution is 6.32. The topological polar surface area (TPSA) is 51.0 Å². The third-order valence-electron chi connectivity index (χ3n) is 2.68. The molecule has 1 N–H and O–H groups in total. The van der Waals surface area contributed by atoms with Crippen LogP contribution in [0.15, 0.2) is 47.6 Å². The average molecular weight is 292 g/mol. The van der Waals surface area contributed by atoms with Crippen LogP contribution in [0.5, 0.6) is 11.5 Å². The van der Waals surface area contributed by atoms with E-state index in [1.165, 1.54) is 13.3 Å². The fourth-order valence-electron chi connectivity index (χ4n) is 1.75. The second kappa shape index (κ2) is 6.82. The van der Waals surface area contributed by atoms with Gasteiger partial charge in [0.25, 0.3) is 0 Å². The van der Waals surface area contributed by atoms with Gasteiger partial charge >= 0.3 is 0 Å². The summed E-state index contributed by atoms with van der Waals surface area (Å²) in [5.74, 6) is 0.955. The number of rotatable bonds is 5. The van der Waals surface area contributed by atoms with E-state index >= 15 is 0 Å². The van der Waals surface area contributed by atoms with E-state index in [0.717, 1.165) is 5.56 Å². The second-order valence-corrected chi connectivity index (χ2v) is 4.46. The summed E-state index contributed by atoms with van der Waals surface area (Å²) in [6, 6.07) is 13.1. The fourth-order valence-corrected chi connectivity index (χ4v) is 2.02. The summed E-state index contributed by atoms with van der Waals surface area (Å²) in [5.41, 5.74) is 1.66. The number of ether oxygens (including phenoxy) is 2. The summed E-state index contributed by atoms with van der Waals surface area (Å²) >= 11 is 6.17. The highest BCUT2D eigenvalue weighted by atomic mass is 35.5. The number of nitrogens with zero attached hydrogens (tertiary/aromatic N) is 1. The van der Waals surface area contributed by atoms with Crippen LogP contribution in [0.1, 0.15) is 11.1 Å². The Balaban J connectivity index is 2.22. The smallest absolute Gasteiger partial charge is 0.180 e. The Morgan fingerprint density at radius 3 is 2.65 bits per heavy atom. The van der Waals surface area contributed by atoms with Crippen LogP contribution in [0.3, 0.4) is 0 Å². The number of benzene rings is 2. The molecule has 20 heavy (non-hydrogen) atoms. The van der Waals surface area contributed by atoms with E-state index in [2.05, 4.69) is 5.16 Å². The van der Waals surface area contributed by atoms with Crippen molar-refractivity contribution in [2.24, 2.45) is 5.16 Å². The van der Waals surface area contributed by atoms with Crippen LogP contribution < -0.4 is 9.47 Å². The molecule has 2 rings (SSSR count). The predicted molar refractivity (Wildman–Crippen MR) is 78.2 cm³/mol. The normalized spacial score (nSPS) is 10.7. The van der Waals surface area contributed by atoms with E-state index in [-0.39, 0.29) is 0 Å². The van der Waals surface area contributed by atoms with Gasteiger partial charge in [-0.05, 0) is 17.7 Å². The molecular weight excluding hydrogens is 278 g/mol. The molecular formula is C15H14ClNO3. The molecule has 0 bridgehead atoms. The number of methoxy groups -OCH3 is 1. The number of halogens is 1. The Morgan fingerprint density at radius 2 is 2.00 bits per heavy atom. The molecule has 0 saturated heterocycles. The summed E-state index contributed by atoms with van der Waals surface area (Å²) in [4.78, 5) is 0. The van der Waals surface area contributed by atoms with Crippen LogP contribution in [0.2, 0.25) is 5.02 Å². The molecule has 0 aliphatic rings. The molecule has 2 aromatic rings. The van der Waals surface area contributed by atoms with Crippen molar-refractivity contribution in [3.8, 4) is 11.5 Å². The Hall–Kier alpha value is -2.20. The maximum Gasteiger partial charge on any atom is 0.180 e. The highest BCUT2D eigenvalue weighted by Crippen LogP contribution is 2.36. The largest absolute Gasteiger partial charge is 0.493 e. The lowest BCUT2D eigenvalue weighted by Crippen LogP contribution is -1.99.